The molecule has 0 saturated carbocycles. The van der Waals surface area contributed by atoms with E-state index in [0.717, 1.165) is 55.6 Å². The number of terminal acetylenes is 1. The Morgan fingerprint density at radius 3 is 1.17 bits per heavy atom. The van der Waals surface area contributed by atoms with Crippen molar-refractivity contribution in [3.63, 3.8) is 0 Å². The minimum atomic E-state index is -3.41. The van der Waals surface area contributed by atoms with E-state index in [1.54, 1.807) is 12.3 Å². The standard InChI is InChI=1S/C31H48OS2.C20H29NO3S.C20H28O2.C19H26N2O3S/c1-27(2,3)20-15-21(28(4,5)6)17-22(16-20)33-31(13,14)34-23-18-24(29(7,8)9)26(32)25(19-23)30(10,11)12;1-8-21-10-9-15(25(21,23)24)11-14-12-16(19(2,3)4)18(22)17(13-14)20(5,6)7;1-8-9-10-11-17(21)14-12-15(19(2,3)4)18(22)16(13-14)20(5,6)7;1-18(2,3)12-8-11(9-13(15(12)22)19(4,5)6)10-14-16(23)20-17(25-14)21-24-7/h15-19,32H,1-14H3;10-13H,8-9H2,1-7H3;1,12-13,22H,9-11H2,2-7H3;8-10,22H,1-7H3,(H,20,21,23)/p+1/b;15-11-;;14-10-. The summed E-state index contributed by atoms with van der Waals surface area (Å²) in [5, 5.41) is 50.1. The number of carbonyl (C=O) groups excluding carboxylic acids is 2. The molecule has 12 nitrogen and oxygen atoms in total. The molecular formula is C90H132N3O9S4+. The van der Waals surface area contributed by atoms with Crippen LogP contribution >= 0.6 is 35.3 Å². The number of unbranched alkanes of at least 4 members (excludes halogenated alkanes) is 1. The van der Waals surface area contributed by atoms with Crippen LogP contribution in [0.15, 0.2) is 91.5 Å². The van der Waals surface area contributed by atoms with Gasteiger partial charge in [-0.05, 0) is 188 Å². The normalized spacial score (nSPS) is 16.0. The van der Waals surface area contributed by atoms with Gasteiger partial charge in [-0.25, -0.2) is 0 Å². The predicted octanol–water partition coefficient (Wildman–Crippen LogP) is 23.4. The molecule has 5 aromatic carbocycles. The van der Waals surface area contributed by atoms with Gasteiger partial charge in [0, 0.05) is 72.7 Å². The number of allylic oxidation sites excluding steroid dienone is 1. The Morgan fingerprint density at radius 1 is 0.528 bits per heavy atom. The number of phenolic OH excluding ortho intramolecular Hbond substituents is 4. The van der Waals surface area contributed by atoms with Crippen molar-refractivity contribution in [2.75, 3.05) is 13.7 Å². The first-order valence-electron chi connectivity index (χ1n) is 37.1. The summed E-state index contributed by atoms with van der Waals surface area (Å²) in [5.74, 6) is 3.83. The number of sulfonamides is 1. The lowest BCUT2D eigenvalue weighted by Crippen LogP contribution is -2.19. The van der Waals surface area contributed by atoms with Crippen LogP contribution < -0.4 is 5.32 Å². The maximum absolute atomic E-state index is 12.5. The molecule has 5 aromatic rings. The van der Waals surface area contributed by atoms with Gasteiger partial charge in [0.2, 0.25) is 5.17 Å². The smallest absolute Gasteiger partial charge is 0.391 e. The Balaban J connectivity index is 0.000000303. The molecule has 106 heavy (non-hydrogen) atoms. The number of Topliss-reactive ketones (excluding diaryl/α,β-unsaturated/α-hetero) is 1. The van der Waals surface area contributed by atoms with E-state index in [9.17, 15) is 38.4 Å². The molecule has 0 spiro atoms. The Hall–Kier alpha value is -6.38. The van der Waals surface area contributed by atoms with Gasteiger partial charge in [0.05, 0.1) is 15.4 Å². The van der Waals surface area contributed by atoms with Crippen molar-refractivity contribution in [3.05, 3.63) is 149 Å². The van der Waals surface area contributed by atoms with Crippen molar-refractivity contribution >= 4 is 80.5 Å². The van der Waals surface area contributed by atoms with Crippen LogP contribution in [0.4, 0.5) is 0 Å². The minimum absolute atomic E-state index is 0.0764. The van der Waals surface area contributed by atoms with Gasteiger partial charge in [0.1, 0.15) is 35.0 Å². The van der Waals surface area contributed by atoms with Gasteiger partial charge in [0.25, 0.3) is 5.91 Å². The number of nitrogens with one attached hydrogen (secondary N) is 1. The van der Waals surface area contributed by atoms with Gasteiger partial charge >= 0.3 is 10.0 Å². The maximum atomic E-state index is 12.5. The molecule has 0 radical (unpaired) electrons. The van der Waals surface area contributed by atoms with E-state index in [4.69, 9.17) is 11.3 Å². The summed E-state index contributed by atoms with van der Waals surface area (Å²) in [6.07, 6.45) is 12.7. The van der Waals surface area contributed by atoms with Crippen LogP contribution in [-0.4, -0.2) is 73.6 Å². The summed E-state index contributed by atoms with van der Waals surface area (Å²) in [7, 11) is -1.97. The van der Waals surface area contributed by atoms with E-state index in [0.29, 0.717) is 75.8 Å². The molecule has 0 aromatic heterocycles. The molecule has 2 aliphatic rings. The summed E-state index contributed by atoms with van der Waals surface area (Å²) in [5.41, 5.74) is 10.8. The zero-order valence-electron chi connectivity index (χ0n) is 71.1. The van der Waals surface area contributed by atoms with Crippen molar-refractivity contribution in [3.8, 4) is 35.3 Å². The molecule has 2 heterocycles. The maximum Gasteiger partial charge on any atom is 0.391 e. The van der Waals surface area contributed by atoms with E-state index < -0.39 is 10.0 Å². The second-order valence-corrected chi connectivity index (χ2v) is 45.5. The number of carbonyl (C=O) groups is 2. The summed E-state index contributed by atoms with van der Waals surface area (Å²) >= 11 is 5.05. The zero-order valence-corrected chi connectivity index (χ0v) is 74.3. The third kappa shape index (κ3) is 25.1. The molecular weight excluding hydrogens is 1400 g/mol. The van der Waals surface area contributed by atoms with Crippen LogP contribution in [-0.2, 0) is 73.8 Å². The number of hydrogen-bond acceptors (Lipinski definition) is 13. The summed E-state index contributed by atoms with van der Waals surface area (Å²) < 4.78 is 26.4. The fourth-order valence-corrected chi connectivity index (χ4v) is 16.9. The lowest BCUT2D eigenvalue weighted by atomic mass is 9.78. The zero-order chi connectivity index (χ0) is 81.8. The van der Waals surface area contributed by atoms with Crippen LogP contribution in [0.5, 0.6) is 23.0 Å². The van der Waals surface area contributed by atoms with Crippen molar-refractivity contribution < 1.29 is 47.3 Å². The van der Waals surface area contributed by atoms with E-state index in [1.807, 2.05) is 156 Å². The lowest BCUT2D eigenvalue weighted by Gasteiger charge is -2.31. The van der Waals surface area contributed by atoms with Gasteiger partial charge in [-0.3, -0.25) is 14.9 Å². The largest absolute Gasteiger partial charge is 0.507 e. The molecule has 0 atom stereocenters. The molecule has 7 rings (SSSR count). The second-order valence-electron chi connectivity index (χ2n) is 38.9. The molecule has 584 valence electrons. The van der Waals surface area contributed by atoms with Crippen LogP contribution in [0.3, 0.4) is 0 Å². The Labute approximate surface area is 653 Å². The molecule has 0 unspecified atom stereocenters. The highest BCUT2D eigenvalue weighted by molar-refractivity contribution is 8.19. The number of benzene rings is 5. The first-order valence-corrected chi connectivity index (χ1v) is 41.0. The van der Waals surface area contributed by atoms with E-state index in [1.165, 1.54) is 43.8 Å². The number of ketones is 1. The third-order valence-electron chi connectivity index (χ3n) is 18.2. The second kappa shape index (κ2) is 33.9. The monoisotopic (exact) mass is 1530 g/mol. The number of amides is 1. The predicted molar refractivity (Wildman–Crippen MR) is 455 cm³/mol. The highest BCUT2D eigenvalue weighted by Gasteiger charge is 2.37. The van der Waals surface area contributed by atoms with E-state index >= 15 is 0 Å². The van der Waals surface area contributed by atoms with Crippen LogP contribution in [0.25, 0.3) is 12.2 Å². The number of nitrogens with zero attached hydrogens (tertiary/aromatic N) is 2. The highest BCUT2D eigenvalue weighted by Crippen LogP contribution is 2.51. The number of aromatic hydroxyl groups is 4. The third-order valence-corrected chi connectivity index (χ3v) is 23.5. The summed E-state index contributed by atoms with van der Waals surface area (Å²) in [6, 6.07) is 22.9. The van der Waals surface area contributed by atoms with Crippen molar-refractivity contribution in [1.82, 2.24) is 5.32 Å². The van der Waals surface area contributed by atoms with E-state index in [-0.39, 0.29) is 69.9 Å². The van der Waals surface area contributed by atoms with Crippen LogP contribution in [0, 0.1) is 12.3 Å². The average Bonchev–Trinajstić information content (AvgIpc) is 1.11. The Bertz CT molecular complexity index is 4140. The first-order chi connectivity index (χ1) is 47.7. The van der Waals surface area contributed by atoms with Gasteiger partial charge < -0.3 is 25.3 Å². The van der Waals surface area contributed by atoms with E-state index in [2.05, 4.69) is 185 Å². The molecule has 1 amide bonds. The van der Waals surface area contributed by atoms with Crippen LogP contribution in [0.2, 0.25) is 0 Å². The SMILES string of the molecule is C#CCCCC(=O)c1cc(C(C)(C)C)c(O)c(C(C)(C)C)c1.CC(C)(Sc1cc(C(C)(C)C)cc(C(C)(C)C)c1)Sc1cc(C(C)(C)C)c(O)c(C(C)(C)C)c1.CC[N+]1=CC/C(=C/c2cc(C(C)(C)C)c(O)c(C(C)(C)C)c2)S1(=O)=O.CON=C1NC(=O)/C(=C/c2cc(C(C)(C)C)c(O)c(C(C)(C)C)c2)S1. The molecule has 1 saturated heterocycles. The highest BCUT2D eigenvalue weighted by atomic mass is 32.2. The topological polar surface area (TPSA) is 186 Å². The molecule has 1 fully saturated rings. The number of phenols is 4. The first kappa shape index (κ1) is 92.0. The number of rotatable bonds is 12. The van der Waals surface area contributed by atoms with Gasteiger partial charge in [-0.15, -0.1) is 39.8 Å². The Kier molecular flexibility index (Phi) is 29.4. The Morgan fingerprint density at radius 2 is 0.858 bits per heavy atom. The molecule has 0 aliphatic carbocycles. The molecule has 0 bridgehead atoms. The van der Waals surface area contributed by atoms with Crippen molar-refractivity contribution in [1.29, 1.82) is 0 Å². The molecule has 5 N–H and O–H groups in total. The number of hydrogen-bond donors (Lipinski definition) is 5. The fraction of sp³-hybridized carbons (Fsp3) is 0.556. The van der Waals surface area contributed by atoms with Gasteiger partial charge in [-0.1, -0.05) is 219 Å². The minimum Gasteiger partial charge on any atom is -0.507 e. The lowest BCUT2D eigenvalue weighted by molar-refractivity contribution is -0.351. The number of oxime groups is 1. The number of thioether (sulfide) groups is 3. The van der Waals surface area contributed by atoms with Gasteiger partial charge in [-0.2, -0.15) is 8.42 Å². The van der Waals surface area contributed by atoms with Gasteiger partial charge in [0.15, 0.2) is 18.5 Å². The fourth-order valence-electron chi connectivity index (χ4n) is 12.0. The summed E-state index contributed by atoms with van der Waals surface area (Å²) in [4.78, 5) is 32.7. The molecule has 2 aliphatic heterocycles. The quantitative estimate of drug-likeness (QED) is 0.0117. The van der Waals surface area contributed by atoms with Crippen LogP contribution in [0.1, 0.15) is 331 Å². The number of amidine groups is 1. The average molecular weight is 1530 g/mol. The summed E-state index contributed by atoms with van der Waals surface area (Å²) in [6.45, 7) is 70.6. The molecule has 16 heteroatoms. The van der Waals surface area contributed by atoms with Crippen molar-refractivity contribution in [2.24, 2.45) is 5.16 Å². The van der Waals surface area contributed by atoms with Crippen molar-refractivity contribution in [2.45, 2.75) is 322 Å².